The summed E-state index contributed by atoms with van der Waals surface area (Å²) in [4.78, 5) is 10.2. The van der Waals surface area contributed by atoms with E-state index in [2.05, 4.69) is 45.2 Å². The van der Waals surface area contributed by atoms with E-state index in [1.54, 1.807) is 0 Å². The molecule has 0 radical (unpaired) electrons. The Hall–Kier alpha value is -1.09. The van der Waals surface area contributed by atoms with Gasteiger partial charge in [-0.25, -0.2) is 0 Å². The second-order valence-electron chi connectivity index (χ2n) is 8.50. The van der Waals surface area contributed by atoms with E-state index in [1.165, 1.54) is 76.7 Å². The van der Waals surface area contributed by atoms with E-state index in [9.17, 15) is 4.79 Å². The van der Waals surface area contributed by atoms with Gasteiger partial charge >= 0.3 is 0 Å². The summed E-state index contributed by atoms with van der Waals surface area (Å²) in [6.45, 7) is 9.10. The lowest BCUT2D eigenvalue weighted by Gasteiger charge is -2.16. The van der Waals surface area contributed by atoms with Gasteiger partial charge in [0.2, 0.25) is 5.91 Å². The van der Waals surface area contributed by atoms with E-state index in [1.807, 2.05) is 6.08 Å². The Morgan fingerprint density at radius 2 is 1.61 bits per heavy atom. The van der Waals surface area contributed by atoms with E-state index < -0.39 is 0 Å². The van der Waals surface area contributed by atoms with Crippen LogP contribution in [0.1, 0.15) is 111 Å². The maximum absolute atomic E-state index is 10.2. The predicted molar refractivity (Wildman–Crippen MR) is 124 cm³/mol. The Morgan fingerprint density at radius 1 is 1.00 bits per heavy atom. The molecule has 1 fully saturated rings. The average Bonchev–Trinajstić information content (AvgIpc) is 3.06. The van der Waals surface area contributed by atoms with Crippen molar-refractivity contribution in [3.05, 3.63) is 24.3 Å². The van der Waals surface area contributed by atoms with Gasteiger partial charge in [-0.1, -0.05) is 77.5 Å². The molecule has 1 saturated carbocycles. The van der Waals surface area contributed by atoms with Crippen LogP contribution in [0, 0.1) is 5.92 Å². The van der Waals surface area contributed by atoms with Crippen molar-refractivity contribution in [3.8, 4) is 0 Å². The fraction of sp³-hybridized carbons (Fsp3) is 0.800. The number of hydrogen-bond acceptors (Lipinski definition) is 2. The summed E-state index contributed by atoms with van der Waals surface area (Å²) in [6.07, 6.45) is 24.8. The lowest BCUT2D eigenvalue weighted by Crippen LogP contribution is -2.33. The van der Waals surface area contributed by atoms with Gasteiger partial charge in [-0.2, -0.15) is 0 Å². The third-order valence-electron chi connectivity index (χ3n) is 5.35. The van der Waals surface area contributed by atoms with Crippen molar-refractivity contribution in [2.75, 3.05) is 0 Å². The van der Waals surface area contributed by atoms with Crippen LogP contribution in [0.15, 0.2) is 24.3 Å². The van der Waals surface area contributed by atoms with Crippen LogP contribution in [0.5, 0.6) is 0 Å². The van der Waals surface area contributed by atoms with Crippen molar-refractivity contribution in [2.24, 2.45) is 11.7 Å². The highest BCUT2D eigenvalue weighted by Crippen LogP contribution is 2.24. The van der Waals surface area contributed by atoms with Gasteiger partial charge in [0.15, 0.2) is 0 Å². The van der Waals surface area contributed by atoms with E-state index in [0.717, 1.165) is 24.8 Å². The van der Waals surface area contributed by atoms with Gasteiger partial charge < -0.3 is 11.1 Å². The highest BCUT2D eigenvalue weighted by atomic mass is 16.1. The second-order valence-corrected chi connectivity index (χ2v) is 8.50. The van der Waals surface area contributed by atoms with Crippen molar-refractivity contribution in [3.63, 3.8) is 0 Å². The summed E-state index contributed by atoms with van der Waals surface area (Å²) < 4.78 is 0. The largest absolute Gasteiger partial charge is 0.366 e. The highest BCUT2D eigenvalue weighted by Gasteiger charge is 2.21. The van der Waals surface area contributed by atoms with Gasteiger partial charge in [0.25, 0.3) is 0 Å². The summed E-state index contributed by atoms with van der Waals surface area (Å²) in [6, 6.07) is 1.32. The lowest BCUT2D eigenvalue weighted by molar-refractivity contribution is -0.113. The van der Waals surface area contributed by atoms with Gasteiger partial charge in [-0.05, 0) is 63.9 Å². The number of allylic oxidation sites excluding steroid dienone is 2. The second kappa shape index (κ2) is 19.2. The first-order valence-electron chi connectivity index (χ1n) is 11.9. The number of nitrogens with two attached hydrogens (primary N) is 1. The van der Waals surface area contributed by atoms with E-state index in [0.29, 0.717) is 6.04 Å². The van der Waals surface area contributed by atoms with E-state index >= 15 is 0 Å². The Morgan fingerprint density at radius 3 is 2.11 bits per heavy atom. The summed E-state index contributed by atoms with van der Waals surface area (Å²) >= 11 is 0. The molecule has 3 N–H and O–H groups in total. The van der Waals surface area contributed by atoms with Gasteiger partial charge in [-0.15, -0.1) is 0 Å². The molecule has 0 bridgehead atoms. The summed E-state index contributed by atoms with van der Waals surface area (Å²) in [7, 11) is 0. The number of primary amides is 1. The number of hydrogen-bond donors (Lipinski definition) is 2. The predicted octanol–water partition coefficient (Wildman–Crippen LogP) is 6.68. The van der Waals surface area contributed by atoms with Crippen LogP contribution in [0.2, 0.25) is 0 Å². The molecule has 1 amide bonds. The Kier molecular flexibility index (Phi) is 18.5. The van der Waals surface area contributed by atoms with Crippen LogP contribution in [0.4, 0.5) is 0 Å². The highest BCUT2D eigenvalue weighted by molar-refractivity contribution is 5.85. The molecule has 0 spiro atoms. The topological polar surface area (TPSA) is 55.1 Å². The van der Waals surface area contributed by atoms with Crippen LogP contribution < -0.4 is 11.1 Å². The van der Waals surface area contributed by atoms with Crippen LogP contribution >= 0.6 is 0 Å². The minimum Gasteiger partial charge on any atom is -0.366 e. The van der Waals surface area contributed by atoms with Crippen LogP contribution in [0.3, 0.4) is 0 Å². The molecule has 3 nitrogen and oxygen atoms in total. The standard InChI is InChI=1S/C16H31N.C9H17NO/c1-4-5-6-7-8-9-10-15(3)17-16-12-11-14(2)13-16;1-2-3-4-5-6-7-8-9(10)11/h9-10,14-17H,4-8,11-13H2,1-3H3;7-8H,2-6H2,1H3,(H2,10,11)/b10-9+;8-7+/t14-,15?,16+;/m0./s1. The number of amides is 1. The fourth-order valence-electron chi connectivity index (χ4n) is 3.66. The number of carbonyl (C=O) groups excluding carboxylic acids is 1. The molecule has 0 heterocycles. The van der Waals surface area contributed by atoms with Crippen molar-refractivity contribution in [1.82, 2.24) is 5.32 Å². The maximum Gasteiger partial charge on any atom is 0.241 e. The summed E-state index contributed by atoms with van der Waals surface area (Å²) in [5.41, 5.74) is 4.91. The molecule has 0 aromatic rings. The van der Waals surface area contributed by atoms with Crippen molar-refractivity contribution in [1.29, 1.82) is 0 Å². The zero-order chi connectivity index (χ0) is 21.0. The van der Waals surface area contributed by atoms with Gasteiger partial charge in [0.05, 0.1) is 0 Å². The van der Waals surface area contributed by atoms with Crippen LogP contribution in [-0.2, 0) is 4.79 Å². The average molecular weight is 393 g/mol. The van der Waals surface area contributed by atoms with Crippen molar-refractivity contribution >= 4 is 5.91 Å². The summed E-state index contributed by atoms with van der Waals surface area (Å²) in [5, 5.41) is 3.72. The fourth-order valence-corrected chi connectivity index (χ4v) is 3.66. The molecule has 1 aliphatic carbocycles. The van der Waals surface area contributed by atoms with E-state index in [-0.39, 0.29) is 5.91 Å². The summed E-state index contributed by atoms with van der Waals surface area (Å²) in [5.74, 6) is 0.582. The molecule has 1 unspecified atom stereocenters. The molecule has 0 saturated heterocycles. The van der Waals surface area contributed by atoms with Crippen molar-refractivity contribution < 1.29 is 4.79 Å². The zero-order valence-corrected chi connectivity index (χ0v) is 19.2. The first-order chi connectivity index (χ1) is 13.5. The van der Waals surface area contributed by atoms with Gasteiger partial charge in [-0.3, -0.25) is 4.79 Å². The zero-order valence-electron chi connectivity index (χ0n) is 19.2. The molecule has 1 aliphatic rings. The molecular weight excluding hydrogens is 344 g/mol. The molecule has 0 aliphatic heterocycles. The minimum absolute atomic E-state index is 0.347. The smallest absolute Gasteiger partial charge is 0.241 e. The monoisotopic (exact) mass is 392 g/mol. The first kappa shape index (κ1) is 26.9. The molecule has 0 aromatic heterocycles. The minimum atomic E-state index is -0.347. The van der Waals surface area contributed by atoms with E-state index in [4.69, 9.17) is 5.73 Å². The third-order valence-corrected chi connectivity index (χ3v) is 5.35. The van der Waals surface area contributed by atoms with Gasteiger partial charge in [0, 0.05) is 12.1 Å². The Balaban J connectivity index is 0.000000576. The third kappa shape index (κ3) is 18.3. The SMILES string of the molecule is CCCCCC/C=C/C(C)N[C@@H]1CC[C@H](C)C1.CCCCCC/C=C/C(N)=O. The number of nitrogens with one attached hydrogen (secondary N) is 1. The molecular formula is C25H48N2O. The molecule has 3 atom stereocenters. The maximum atomic E-state index is 10.2. The Bertz CT molecular complexity index is 417. The van der Waals surface area contributed by atoms with Crippen LogP contribution in [0.25, 0.3) is 0 Å². The molecule has 28 heavy (non-hydrogen) atoms. The Labute approximate surface area is 175 Å². The number of carbonyl (C=O) groups is 1. The molecule has 1 rings (SSSR count). The molecule has 164 valence electrons. The molecule has 0 aromatic carbocycles. The lowest BCUT2D eigenvalue weighted by atomic mass is 10.1. The normalized spacial score (nSPS) is 20.4. The number of rotatable bonds is 14. The number of unbranched alkanes of at least 4 members (excludes halogenated alkanes) is 8. The van der Waals surface area contributed by atoms with Crippen molar-refractivity contribution in [2.45, 2.75) is 123 Å². The first-order valence-corrected chi connectivity index (χ1v) is 11.9. The molecule has 3 heteroatoms. The van der Waals surface area contributed by atoms with Crippen LogP contribution in [-0.4, -0.2) is 18.0 Å². The quantitative estimate of drug-likeness (QED) is 0.197. The van der Waals surface area contributed by atoms with Gasteiger partial charge in [0.1, 0.15) is 0 Å².